The maximum absolute atomic E-state index is 13.1. The predicted molar refractivity (Wildman–Crippen MR) is 63.4 cm³/mol. The molecule has 0 spiro atoms. The Labute approximate surface area is 101 Å². The van der Waals surface area contributed by atoms with Crippen molar-refractivity contribution in [3.8, 4) is 5.75 Å². The van der Waals surface area contributed by atoms with Gasteiger partial charge in [-0.1, -0.05) is 6.92 Å². The van der Waals surface area contributed by atoms with Crippen LogP contribution in [0.3, 0.4) is 0 Å². The van der Waals surface area contributed by atoms with Gasteiger partial charge in [-0.2, -0.15) is 0 Å². The Morgan fingerprint density at radius 3 is 3.06 bits per heavy atom. The fourth-order valence-corrected chi connectivity index (χ4v) is 2.22. The molecule has 4 heteroatoms. The first-order valence-corrected chi connectivity index (χ1v) is 5.82. The van der Waals surface area contributed by atoms with Crippen LogP contribution in [-0.2, 0) is 4.74 Å². The van der Waals surface area contributed by atoms with Gasteiger partial charge in [-0.05, 0) is 18.2 Å². The summed E-state index contributed by atoms with van der Waals surface area (Å²) in [4.78, 5) is 0. The largest absolute Gasteiger partial charge is 0.490 e. The Morgan fingerprint density at radius 2 is 2.35 bits per heavy atom. The topological polar surface area (TPSA) is 44.5 Å². The second kappa shape index (κ2) is 5.02. The Bertz CT molecular complexity index is 397. The average Bonchev–Trinajstić information content (AvgIpc) is 2.30. The first-order valence-electron chi connectivity index (χ1n) is 5.82. The first kappa shape index (κ1) is 12.3. The van der Waals surface area contributed by atoms with Crippen molar-refractivity contribution in [1.82, 2.24) is 0 Å². The lowest BCUT2D eigenvalue weighted by atomic mass is 9.91. The molecule has 2 unspecified atom stereocenters. The van der Waals surface area contributed by atoms with Gasteiger partial charge in [0.05, 0.1) is 6.61 Å². The van der Waals surface area contributed by atoms with Gasteiger partial charge in [-0.25, -0.2) is 4.39 Å². The number of methoxy groups -OCH3 is 1. The lowest BCUT2D eigenvalue weighted by molar-refractivity contribution is 0.0537. The van der Waals surface area contributed by atoms with E-state index in [9.17, 15) is 4.39 Å². The molecule has 0 bridgehead atoms. The number of ether oxygens (including phenoxy) is 2. The van der Waals surface area contributed by atoms with E-state index in [0.29, 0.717) is 18.8 Å². The summed E-state index contributed by atoms with van der Waals surface area (Å²) in [5, 5.41) is 0. The summed E-state index contributed by atoms with van der Waals surface area (Å²) in [7, 11) is 1.67. The van der Waals surface area contributed by atoms with Crippen LogP contribution in [0.4, 0.5) is 4.39 Å². The van der Waals surface area contributed by atoms with Crippen molar-refractivity contribution in [1.29, 1.82) is 0 Å². The molecule has 1 aliphatic heterocycles. The van der Waals surface area contributed by atoms with Gasteiger partial charge < -0.3 is 15.2 Å². The molecule has 0 aliphatic carbocycles. The van der Waals surface area contributed by atoms with Crippen molar-refractivity contribution in [2.24, 2.45) is 11.7 Å². The van der Waals surface area contributed by atoms with E-state index in [-0.39, 0.29) is 23.9 Å². The number of fused-ring (bicyclic) bond motifs is 1. The molecule has 2 rings (SSSR count). The van der Waals surface area contributed by atoms with Crippen LogP contribution in [0.2, 0.25) is 0 Å². The van der Waals surface area contributed by atoms with E-state index in [0.717, 1.165) is 5.56 Å². The van der Waals surface area contributed by atoms with Crippen LogP contribution in [0, 0.1) is 11.7 Å². The monoisotopic (exact) mass is 239 g/mol. The number of benzene rings is 1. The number of hydrogen-bond acceptors (Lipinski definition) is 3. The Kier molecular flexibility index (Phi) is 3.64. The van der Waals surface area contributed by atoms with Crippen molar-refractivity contribution >= 4 is 0 Å². The second-order valence-corrected chi connectivity index (χ2v) is 4.61. The van der Waals surface area contributed by atoms with Gasteiger partial charge in [-0.3, -0.25) is 0 Å². The van der Waals surface area contributed by atoms with Crippen molar-refractivity contribution in [2.45, 2.75) is 25.5 Å². The molecular weight excluding hydrogens is 221 g/mol. The minimum atomic E-state index is -0.272. The van der Waals surface area contributed by atoms with Gasteiger partial charge in [0.15, 0.2) is 0 Å². The summed E-state index contributed by atoms with van der Waals surface area (Å²) in [6.07, 6.45) is 0.726. The molecule has 0 saturated heterocycles. The Morgan fingerprint density at radius 1 is 1.59 bits per heavy atom. The van der Waals surface area contributed by atoms with Crippen molar-refractivity contribution < 1.29 is 13.9 Å². The van der Waals surface area contributed by atoms with E-state index < -0.39 is 0 Å². The zero-order chi connectivity index (χ0) is 12.4. The summed E-state index contributed by atoms with van der Waals surface area (Å²) < 4.78 is 24.1. The Hall–Kier alpha value is -1.13. The average molecular weight is 239 g/mol. The molecule has 1 aromatic carbocycles. The lowest BCUT2D eigenvalue weighted by Crippen LogP contribution is -2.36. The highest BCUT2D eigenvalue weighted by Gasteiger charge is 2.29. The molecule has 1 aromatic rings. The summed E-state index contributed by atoms with van der Waals surface area (Å²) in [6.45, 7) is 2.70. The molecule has 17 heavy (non-hydrogen) atoms. The summed E-state index contributed by atoms with van der Waals surface area (Å²) in [5.41, 5.74) is 6.81. The summed E-state index contributed by atoms with van der Waals surface area (Å²) in [6, 6.07) is 4.33. The van der Waals surface area contributed by atoms with E-state index in [1.165, 1.54) is 12.1 Å². The highest BCUT2D eigenvalue weighted by Crippen LogP contribution is 2.35. The maximum atomic E-state index is 13.1. The van der Waals surface area contributed by atoms with Crippen LogP contribution < -0.4 is 10.5 Å². The normalized spacial score (nSPS) is 24.9. The molecule has 0 fully saturated rings. The van der Waals surface area contributed by atoms with Gasteiger partial charge in [0.2, 0.25) is 0 Å². The van der Waals surface area contributed by atoms with Gasteiger partial charge >= 0.3 is 0 Å². The van der Waals surface area contributed by atoms with E-state index in [2.05, 4.69) is 6.92 Å². The molecule has 94 valence electrons. The van der Waals surface area contributed by atoms with Crippen LogP contribution in [-0.4, -0.2) is 19.8 Å². The molecular formula is C13H18FNO2. The van der Waals surface area contributed by atoms with Crippen LogP contribution in [0.25, 0.3) is 0 Å². The molecule has 0 aromatic heterocycles. The van der Waals surface area contributed by atoms with Gasteiger partial charge in [0, 0.05) is 31.1 Å². The van der Waals surface area contributed by atoms with Crippen molar-refractivity contribution in [3.05, 3.63) is 29.6 Å². The van der Waals surface area contributed by atoms with E-state index in [1.54, 1.807) is 13.2 Å². The minimum absolute atomic E-state index is 0.0305. The number of nitrogens with two attached hydrogens (primary N) is 1. The predicted octanol–water partition coefficient (Wildman–Crippen LogP) is 2.26. The third kappa shape index (κ3) is 2.58. The van der Waals surface area contributed by atoms with Crippen LogP contribution in [0.1, 0.15) is 24.9 Å². The van der Waals surface area contributed by atoms with Gasteiger partial charge in [-0.15, -0.1) is 0 Å². The SMILES string of the molecule is COCC(C)C1C[C@@H](N)c2cc(F)ccc2O1. The minimum Gasteiger partial charge on any atom is -0.490 e. The number of hydrogen-bond donors (Lipinski definition) is 1. The second-order valence-electron chi connectivity index (χ2n) is 4.61. The number of halogens is 1. The highest BCUT2D eigenvalue weighted by molar-refractivity contribution is 5.38. The molecule has 3 nitrogen and oxygen atoms in total. The fraction of sp³-hybridized carbons (Fsp3) is 0.538. The molecule has 3 atom stereocenters. The molecule has 0 amide bonds. The maximum Gasteiger partial charge on any atom is 0.124 e. The summed E-state index contributed by atoms with van der Waals surface area (Å²) >= 11 is 0. The van der Waals surface area contributed by atoms with Crippen LogP contribution in [0.15, 0.2) is 18.2 Å². The lowest BCUT2D eigenvalue weighted by Gasteiger charge is -2.33. The molecule has 1 heterocycles. The standard InChI is InChI=1S/C13H18FNO2/c1-8(7-16-2)13-6-11(15)10-5-9(14)3-4-12(10)17-13/h3-5,8,11,13H,6-7,15H2,1-2H3/t8?,11-,13?/m1/s1. The quantitative estimate of drug-likeness (QED) is 0.880. The number of rotatable bonds is 3. The zero-order valence-electron chi connectivity index (χ0n) is 10.2. The third-order valence-corrected chi connectivity index (χ3v) is 3.20. The smallest absolute Gasteiger partial charge is 0.124 e. The van der Waals surface area contributed by atoms with Gasteiger partial charge in [0.25, 0.3) is 0 Å². The van der Waals surface area contributed by atoms with Crippen molar-refractivity contribution in [3.63, 3.8) is 0 Å². The molecule has 0 radical (unpaired) electrons. The third-order valence-electron chi connectivity index (χ3n) is 3.20. The van der Waals surface area contributed by atoms with Crippen LogP contribution >= 0.6 is 0 Å². The Balaban J connectivity index is 2.18. The van der Waals surface area contributed by atoms with Gasteiger partial charge in [0.1, 0.15) is 17.7 Å². The first-order chi connectivity index (χ1) is 8.11. The van der Waals surface area contributed by atoms with Crippen LogP contribution in [0.5, 0.6) is 5.75 Å². The molecule has 1 aliphatic rings. The zero-order valence-corrected chi connectivity index (χ0v) is 10.2. The summed E-state index contributed by atoms with van der Waals surface area (Å²) in [5.74, 6) is 0.688. The van der Waals surface area contributed by atoms with E-state index in [1.807, 2.05) is 0 Å². The fourth-order valence-electron chi connectivity index (χ4n) is 2.22. The highest BCUT2D eigenvalue weighted by atomic mass is 19.1. The van der Waals surface area contributed by atoms with E-state index in [4.69, 9.17) is 15.2 Å². The molecule has 2 N–H and O–H groups in total. The van der Waals surface area contributed by atoms with E-state index >= 15 is 0 Å². The van der Waals surface area contributed by atoms with Crippen molar-refractivity contribution in [2.75, 3.05) is 13.7 Å². The molecule has 0 saturated carbocycles.